The number of methoxy groups -OCH3 is 1. The topological polar surface area (TPSA) is 38.7 Å². The molecule has 1 aliphatic carbocycles. The van der Waals surface area contributed by atoms with Gasteiger partial charge >= 0.3 is 6.18 Å². The normalized spacial score (nSPS) is 21.9. The highest BCUT2D eigenvalue weighted by atomic mass is 19.4. The molecule has 0 saturated heterocycles. The van der Waals surface area contributed by atoms with Gasteiger partial charge in [-0.3, -0.25) is 0 Å². The molecule has 2 unspecified atom stereocenters. The number of fused-ring (bicyclic) bond motifs is 1. The molecule has 0 saturated carbocycles. The van der Waals surface area contributed by atoms with Crippen LogP contribution in [0.3, 0.4) is 0 Å². The van der Waals surface area contributed by atoms with Gasteiger partial charge in [-0.2, -0.15) is 13.2 Å². The second kappa shape index (κ2) is 6.01. The summed E-state index contributed by atoms with van der Waals surface area (Å²) in [5.74, 6) is 0.639. The van der Waals surface area contributed by atoms with E-state index in [-0.39, 0.29) is 13.0 Å². The summed E-state index contributed by atoms with van der Waals surface area (Å²) in [6, 6.07) is 5.37. The Kier molecular flexibility index (Phi) is 4.55. The molecule has 1 aromatic carbocycles. The van der Waals surface area contributed by atoms with Crippen LogP contribution in [0, 0.1) is 0 Å². The summed E-state index contributed by atoms with van der Waals surface area (Å²) < 4.78 is 46.5. The number of halogens is 3. The predicted octanol–water partition coefficient (Wildman–Crippen LogP) is 3.01. The summed E-state index contributed by atoms with van der Waals surface area (Å²) in [5, 5.41) is 10.1. The molecule has 2 rings (SSSR count). The third-order valence-electron chi connectivity index (χ3n) is 3.38. The van der Waals surface area contributed by atoms with Crippen molar-refractivity contribution >= 4 is 0 Å². The standard InChI is InChI=1S/C14H17F3O3/c1-19-10-4-3-9-7-12(13(18)11(9)8-10)20-6-2-5-14(15,16)17/h3-4,8,12-13,18H,2,5-7H2,1H3. The average molecular weight is 290 g/mol. The van der Waals surface area contributed by atoms with Crippen molar-refractivity contribution in [2.24, 2.45) is 0 Å². The Bertz CT molecular complexity index is 459. The summed E-state index contributed by atoms with van der Waals surface area (Å²) in [6.45, 7) is -0.00758. The number of alkyl halides is 3. The number of ether oxygens (including phenoxy) is 2. The maximum atomic E-state index is 12.0. The van der Waals surface area contributed by atoms with Crippen LogP contribution < -0.4 is 4.74 Å². The molecule has 0 aromatic heterocycles. The third-order valence-corrected chi connectivity index (χ3v) is 3.38. The summed E-state index contributed by atoms with van der Waals surface area (Å²) in [7, 11) is 1.54. The smallest absolute Gasteiger partial charge is 0.389 e. The van der Waals surface area contributed by atoms with Crippen LogP contribution in [0.1, 0.15) is 30.1 Å². The SMILES string of the molecule is COc1ccc2c(c1)C(O)C(OCCCC(F)(F)F)C2. The van der Waals surface area contributed by atoms with Crippen molar-refractivity contribution in [1.82, 2.24) is 0 Å². The Balaban J connectivity index is 1.87. The van der Waals surface area contributed by atoms with Gasteiger partial charge in [0.2, 0.25) is 0 Å². The Morgan fingerprint density at radius 1 is 1.35 bits per heavy atom. The zero-order chi connectivity index (χ0) is 14.8. The van der Waals surface area contributed by atoms with Crippen molar-refractivity contribution < 1.29 is 27.8 Å². The van der Waals surface area contributed by atoms with Gasteiger partial charge < -0.3 is 14.6 Å². The number of hydrogen-bond donors (Lipinski definition) is 1. The van der Waals surface area contributed by atoms with Crippen LogP contribution >= 0.6 is 0 Å². The van der Waals surface area contributed by atoms with Gasteiger partial charge in [-0.25, -0.2) is 0 Å². The average Bonchev–Trinajstić information content (AvgIpc) is 2.70. The number of aliphatic hydroxyl groups is 1. The van der Waals surface area contributed by atoms with Crippen LogP contribution in [-0.2, 0) is 11.2 Å². The van der Waals surface area contributed by atoms with E-state index < -0.39 is 24.8 Å². The lowest BCUT2D eigenvalue weighted by molar-refractivity contribution is -0.140. The molecule has 20 heavy (non-hydrogen) atoms. The van der Waals surface area contributed by atoms with E-state index in [1.165, 1.54) is 7.11 Å². The largest absolute Gasteiger partial charge is 0.497 e. The number of aliphatic hydroxyl groups excluding tert-OH is 1. The second-order valence-corrected chi connectivity index (χ2v) is 4.84. The highest BCUT2D eigenvalue weighted by molar-refractivity contribution is 5.41. The minimum atomic E-state index is -4.16. The predicted molar refractivity (Wildman–Crippen MR) is 66.7 cm³/mol. The van der Waals surface area contributed by atoms with Gasteiger partial charge in [0.1, 0.15) is 11.9 Å². The molecule has 0 spiro atoms. The van der Waals surface area contributed by atoms with Crippen molar-refractivity contribution in [2.75, 3.05) is 13.7 Å². The Labute approximate surface area is 115 Å². The van der Waals surface area contributed by atoms with Crippen LogP contribution in [0.15, 0.2) is 18.2 Å². The lowest BCUT2D eigenvalue weighted by Gasteiger charge is -2.16. The van der Waals surface area contributed by atoms with Crippen molar-refractivity contribution in [2.45, 2.75) is 37.6 Å². The molecule has 0 bridgehead atoms. The van der Waals surface area contributed by atoms with Crippen LogP contribution in [0.5, 0.6) is 5.75 Å². The zero-order valence-electron chi connectivity index (χ0n) is 11.1. The molecular formula is C14H17F3O3. The van der Waals surface area contributed by atoms with Crippen LogP contribution in [0.25, 0.3) is 0 Å². The fourth-order valence-corrected chi connectivity index (χ4v) is 2.35. The fraction of sp³-hybridized carbons (Fsp3) is 0.571. The first-order valence-corrected chi connectivity index (χ1v) is 6.44. The number of benzene rings is 1. The lowest BCUT2D eigenvalue weighted by atomic mass is 10.1. The molecule has 0 radical (unpaired) electrons. The summed E-state index contributed by atoms with van der Waals surface area (Å²) >= 11 is 0. The molecule has 2 atom stereocenters. The monoisotopic (exact) mass is 290 g/mol. The molecule has 0 heterocycles. The van der Waals surface area contributed by atoms with Crippen molar-refractivity contribution in [3.8, 4) is 5.75 Å². The summed E-state index contributed by atoms with van der Waals surface area (Å²) in [6.07, 6.45) is -5.90. The highest BCUT2D eigenvalue weighted by Crippen LogP contribution is 2.35. The van der Waals surface area contributed by atoms with Crippen molar-refractivity contribution in [3.63, 3.8) is 0 Å². The van der Waals surface area contributed by atoms with Gasteiger partial charge in [-0.15, -0.1) is 0 Å². The fourth-order valence-electron chi connectivity index (χ4n) is 2.35. The van der Waals surface area contributed by atoms with Gasteiger partial charge in [0.15, 0.2) is 0 Å². The van der Waals surface area contributed by atoms with E-state index in [2.05, 4.69) is 0 Å². The first kappa shape index (κ1) is 15.1. The van der Waals surface area contributed by atoms with E-state index in [0.29, 0.717) is 12.2 Å². The third kappa shape index (κ3) is 3.64. The molecule has 3 nitrogen and oxygen atoms in total. The number of hydrogen-bond acceptors (Lipinski definition) is 3. The summed E-state index contributed by atoms with van der Waals surface area (Å²) in [4.78, 5) is 0. The first-order chi connectivity index (χ1) is 9.40. The minimum Gasteiger partial charge on any atom is -0.497 e. The van der Waals surface area contributed by atoms with Gasteiger partial charge in [0.05, 0.1) is 13.2 Å². The molecule has 6 heteroatoms. The van der Waals surface area contributed by atoms with E-state index in [1.807, 2.05) is 6.07 Å². The zero-order valence-corrected chi connectivity index (χ0v) is 11.1. The molecule has 1 N–H and O–H groups in total. The Morgan fingerprint density at radius 3 is 2.75 bits per heavy atom. The Hall–Kier alpha value is -1.27. The van der Waals surface area contributed by atoms with Crippen molar-refractivity contribution in [3.05, 3.63) is 29.3 Å². The van der Waals surface area contributed by atoms with Crippen LogP contribution in [0.4, 0.5) is 13.2 Å². The second-order valence-electron chi connectivity index (χ2n) is 4.84. The van der Waals surface area contributed by atoms with Crippen LogP contribution in [-0.4, -0.2) is 31.1 Å². The van der Waals surface area contributed by atoms with E-state index in [0.717, 1.165) is 11.1 Å². The van der Waals surface area contributed by atoms with Gasteiger partial charge in [0.25, 0.3) is 0 Å². The van der Waals surface area contributed by atoms with Crippen LogP contribution in [0.2, 0.25) is 0 Å². The van der Waals surface area contributed by atoms with E-state index in [9.17, 15) is 18.3 Å². The van der Waals surface area contributed by atoms with Gasteiger partial charge in [-0.05, 0) is 29.7 Å². The number of rotatable bonds is 5. The molecule has 0 fully saturated rings. The molecule has 1 aromatic rings. The van der Waals surface area contributed by atoms with E-state index in [1.54, 1.807) is 12.1 Å². The maximum absolute atomic E-state index is 12.0. The summed E-state index contributed by atoms with van der Waals surface area (Å²) in [5.41, 5.74) is 1.67. The highest BCUT2D eigenvalue weighted by Gasteiger charge is 2.32. The molecule has 0 aliphatic heterocycles. The molecule has 112 valence electrons. The molecular weight excluding hydrogens is 273 g/mol. The Morgan fingerprint density at radius 2 is 2.10 bits per heavy atom. The lowest BCUT2D eigenvalue weighted by Crippen LogP contribution is -2.20. The van der Waals surface area contributed by atoms with E-state index in [4.69, 9.17) is 9.47 Å². The van der Waals surface area contributed by atoms with Gasteiger partial charge in [-0.1, -0.05) is 6.07 Å². The first-order valence-electron chi connectivity index (χ1n) is 6.44. The quantitative estimate of drug-likeness (QED) is 0.847. The maximum Gasteiger partial charge on any atom is 0.389 e. The molecule has 1 aliphatic rings. The minimum absolute atomic E-state index is 0.00758. The molecule has 0 amide bonds. The van der Waals surface area contributed by atoms with E-state index >= 15 is 0 Å². The van der Waals surface area contributed by atoms with Crippen molar-refractivity contribution in [1.29, 1.82) is 0 Å². The van der Waals surface area contributed by atoms with Gasteiger partial charge in [0, 0.05) is 19.4 Å².